The number of hydrogen-bond donors (Lipinski definition) is 0. The summed E-state index contributed by atoms with van der Waals surface area (Å²) < 4.78 is 46.6. The second-order valence-corrected chi connectivity index (χ2v) is 9.50. The molecule has 0 spiro atoms. The van der Waals surface area contributed by atoms with Crippen LogP contribution in [0.1, 0.15) is 16.7 Å². The third kappa shape index (κ3) is 3.19. The monoisotopic (exact) mass is 526 g/mol. The third-order valence-corrected chi connectivity index (χ3v) is 7.42. The fourth-order valence-corrected chi connectivity index (χ4v) is 5.86. The summed E-state index contributed by atoms with van der Waals surface area (Å²) in [5.41, 5.74) is 2.75. The predicted octanol–water partition coefficient (Wildman–Crippen LogP) is 8.64. The van der Waals surface area contributed by atoms with Crippen molar-refractivity contribution in [1.82, 2.24) is 9.13 Å². The Kier molecular flexibility index (Phi) is 5.00. The van der Waals surface area contributed by atoms with Gasteiger partial charge in [-0.3, -0.25) is 0 Å². The summed E-state index contributed by atoms with van der Waals surface area (Å²) in [7, 11) is 0. The van der Waals surface area contributed by atoms with E-state index in [2.05, 4.69) is 12.1 Å². The van der Waals surface area contributed by atoms with E-state index in [-0.39, 0.29) is 16.8 Å². The van der Waals surface area contributed by atoms with Crippen molar-refractivity contribution in [3.05, 3.63) is 120 Å². The number of aromatic nitrogens is 2. The molecular formula is C33H17F3N4. The maximum Gasteiger partial charge on any atom is 0.418 e. The summed E-state index contributed by atoms with van der Waals surface area (Å²) in [4.78, 5) is 0. The lowest BCUT2D eigenvalue weighted by Gasteiger charge is -2.17. The smallest absolute Gasteiger partial charge is 0.307 e. The molecule has 0 saturated heterocycles. The molecule has 0 atom stereocenters. The van der Waals surface area contributed by atoms with E-state index in [1.807, 2.05) is 59.2 Å². The first-order chi connectivity index (χ1) is 19.4. The van der Waals surface area contributed by atoms with E-state index in [9.17, 15) is 23.7 Å². The van der Waals surface area contributed by atoms with E-state index in [1.165, 1.54) is 12.1 Å². The van der Waals surface area contributed by atoms with Crippen LogP contribution < -0.4 is 0 Å². The van der Waals surface area contributed by atoms with Crippen LogP contribution in [0.15, 0.2) is 103 Å². The molecule has 4 nitrogen and oxygen atoms in total. The number of para-hydroxylation sites is 4. The summed E-state index contributed by atoms with van der Waals surface area (Å²) in [6.45, 7) is 0. The van der Waals surface area contributed by atoms with Gasteiger partial charge in [0.25, 0.3) is 0 Å². The Labute approximate surface area is 225 Å². The average molecular weight is 527 g/mol. The van der Waals surface area contributed by atoms with E-state index in [4.69, 9.17) is 0 Å². The Morgan fingerprint density at radius 2 is 1.02 bits per heavy atom. The summed E-state index contributed by atoms with van der Waals surface area (Å²) in [6.07, 6.45) is -4.59. The van der Waals surface area contributed by atoms with Crippen LogP contribution in [0.4, 0.5) is 13.2 Å². The number of halogens is 3. The number of nitriles is 2. The van der Waals surface area contributed by atoms with E-state index >= 15 is 0 Å². The molecule has 2 heterocycles. The van der Waals surface area contributed by atoms with Gasteiger partial charge in [-0.25, -0.2) is 0 Å². The van der Waals surface area contributed by atoms with Crippen LogP contribution in [0.25, 0.3) is 55.0 Å². The van der Waals surface area contributed by atoms with E-state index < -0.39 is 11.7 Å². The summed E-state index contributed by atoms with van der Waals surface area (Å²) in [5.74, 6) is 0. The van der Waals surface area contributed by atoms with Crippen molar-refractivity contribution < 1.29 is 13.2 Å². The molecule has 0 aliphatic rings. The molecule has 7 aromatic rings. The quantitative estimate of drug-likeness (QED) is 0.226. The highest BCUT2D eigenvalue weighted by Gasteiger charge is 2.35. The highest BCUT2D eigenvalue weighted by Crippen LogP contribution is 2.44. The van der Waals surface area contributed by atoms with Gasteiger partial charge in [0.05, 0.1) is 50.1 Å². The van der Waals surface area contributed by atoms with Crippen molar-refractivity contribution in [2.45, 2.75) is 6.18 Å². The summed E-state index contributed by atoms with van der Waals surface area (Å²) in [6, 6.07) is 33.8. The molecule has 0 unspecified atom stereocenters. The van der Waals surface area contributed by atoms with Crippen molar-refractivity contribution in [3.8, 4) is 23.5 Å². The molecule has 5 aromatic carbocycles. The minimum atomic E-state index is -4.59. The highest BCUT2D eigenvalue weighted by molar-refractivity contribution is 6.24. The molecule has 2 aromatic heterocycles. The number of rotatable bonds is 2. The minimum Gasteiger partial charge on any atom is -0.307 e. The lowest BCUT2D eigenvalue weighted by atomic mass is 10.1. The normalized spacial score (nSPS) is 11.8. The van der Waals surface area contributed by atoms with Crippen LogP contribution in [0, 0.1) is 22.7 Å². The number of alkyl halides is 3. The molecular weight excluding hydrogens is 509 g/mol. The van der Waals surface area contributed by atoms with Crippen LogP contribution in [0.2, 0.25) is 0 Å². The SMILES string of the molecule is N#Cc1cccc(C#N)c1-n1c2ccccc2c2ccc3c4ccccc4n(-c4ccccc4C(F)(F)F)c3c21. The maximum absolute atomic E-state index is 14.4. The second kappa shape index (κ2) is 8.49. The van der Waals surface area contributed by atoms with Crippen LogP contribution in [0.5, 0.6) is 0 Å². The van der Waals surface area contributed by atoms with E-state index in [1.54, 1.807) is 34.9 Å². The van der Waals surface area contributed by atoms with Crippen LogP contribution in [0.3, 0.4) is 0 Å². The molecule has 7 rings (SSSR count). The van der Waals surface area contributed by atoms with Gasteiger partial charge >= 0.3 is 6.18 Å². The number of hydrogen-bond acceptors (Lipinski definition) is 2. The van der Waals surface area contributed by atoms with E-state index in [0.717, 1.165) is 33.1 Å². The first-order valence-corrected chi connectivity index (χ1v) is 12.5. The zero-order chi connectivity index (χ0) is 27.6. The molecule has 0 aliphatic heterocycles. The Morgan fingerprint density at radius 3 is 1.60 bits per heavy atom. The molecule has 7 heteroatoms. The van der Waals surface area contributed by atoms with Crippen molar-refractivity contribution in [1.29, 1.82) is 10.5 Å². The van der Waals surface area contributed by atoms with Crippen LogP contribution >= 0.6 is 0 Å². The van der Waals surface area contributed by atoms with Gasteiger partial charge in [-0.1, -0.05) is 66.7 Å². The van der Waals surface area contributed by atoms with Gasteiger partial charge in [0.15, 0.2) is 0 Å². The lowest BCUT2D eigenvalue weighted by Crippen LogP contribution is -2.11. The van der Waals surface area contributed by atoms with Crippen molar-refractivity contribution in [2.24, 2.45) is 0 Å². The molecule has 0 radical (unpaired) electrons. The maximum atomic E-state index is 14.4. The number of nitrogens with zero attached hydrogens (tertiary/aromatic N) is 4. The molecule has 40 heavy (non-hydrogen) atoms. The van der Waals surface area contributed by atoms with Gasteiger partial charge < -0.3 is 9.13 Å². The van der Waals surface area contributed by atoms with Crippen LogP contribution in [-0.2, 0) is 6.18 Å². The minimum absolute atomic E-state index is 0.000388. The van der Waals surface area contributed by atoms with Crippen LogP contribution in [-0.4, -0.2) is 9.13 Å². The zero-order valence-corrected chi connectivity index (χ0v) is 20.7. The standard InChI is InChI=1S/C33H17F3N4/c34-33(35,36)26-12-3-6-15-29(26)39-27-13-4-1-10-22(27)24-16-17-25-23-11-2-5-14-28(23)40(32(25)31(24)39)30-20(18-37)8-7-9-21(30)19-38/h1-17H. The Morgan fingerprint density at radius 1 is 0.525 bits per heavy atom. The predicted molar refractivity (Wildman–Crippen MR) is 150 cm³/mol. The van der Waals surface area contributed by atoms with Gasteiger partial charge in [0, 0.05) is 21.5 Å². The first kappa shape index (κ1) is 23.6. The second-order valence-electron chi connectivity index (χ2n) is 9.50. The Hall–Kier alpha value is -5.53. The van der Waals surface area contributed by atoms with Crippen molar-refractivity contribution in [2.75, 3.05) is 0 Å². The zero-order valence-electron chi connectivity index (χ0n) is 20.7. The van der Waals surface area contributed by atoms with Gasteiger partial charge in [0.2, 0.25) is 0 Å². The third-order valence-electron chi connectivity index (χ3n) is 7.42. The van der Waals surface area contributed by atoms with Gasteiger partial charge in [-0.15, -0.1) is 0 Å². The van der Waals surface area contributed by atoms with E-state index in [0.29, 0.717) is 22.2 Å². The van der Waals surface area contributed by atoms with Gasteiger partial charge in [-0.05, 0) is 36.4 Å². The van der Waals surface area contributed by atoms with Gasteiger partial charge in [0.1, 0.15) is 12.1 Å². The number of fused-ring (bicyclic) bond motifs is 7. The fraction of sp³-hybridized carbons (Fsp3) is 0.0303. The largest absolute Gasteiger partial charge is 0.418 e. The Balaban J connectivity index is 1.81. The molecule has 0 amide bonds. The molecule has 0 aliphatic carbocycles. The molecule has 0 fully saturated rings. The summed E-state index contributed by atoms with van der Waals surface area (Å²) >= 11 is 0. The fourth-order valence-electron chi connectivity index (χ4n) is 5.86. The molecule has 0 bridgehead atoms. The summed E-state index contributed by atoms with van der Waals surface area (Å²) in [5, 5.41) is 23.3. The highest BCUT2D eigenvalue weighted by atomic mass is 19.4. The van der Waals surface area contributed by atoms with Gasteiger partial charge in [-0.2, -0.15) is 23.7 Å². The lowest BCUT2D eigenvalue weighted by molar-refractivity contribution is -0.137. The Bertz CT molecular complexity index is 2210. The molecule has 190 valence electrons. The first-order valence-electron chi connectivity index (χ1n) is 12.5. The van der Waals surface area contributed by atoms with Crippen molar-refractivity contribution >= 4 is 43.6 Å². The molecule has 0 saturated carbocycles. The average Bonchev–Trinajstić information content (AvgIpc) is 3.49. The number of benzene rings is 5. The molecule has 0 N–H and O–H groups in total. The van der Waals surface area contributed by atoms with Crippen molar-refractivity contribution in [3.63, 3.8) is 0 Å². The topological polar surface area (TPSA) is 57.4 Å².